The van der Waals surface area contributed by atoms with Gasteiger partial charge in [0.15, 0.2) is 0 Å². The van der Waals surface area contributed by atoms with Crippen LogP contribution in [0.5, 0.6) is 0 Å². The molecule has 0 bridgehead atoms. The quantitative estimate of drug-likeness (QED) is 0.0970. The second kappa shape index (κ2) is 21.9. The van der Waals surface area contributed by atoms with Gasteiger partial charge in [-0.15, -0.1) is 0 Å². The number of benzene rings is 1. The fraction of sp³-hybridized carbons (Fsp3) is 0.759. The number of halogens is 1. The number of rotatable bonds is 24. The molecule has 1 atom stereocenters. The molecule has 1 aromatic rings. The van der Waals surface area contributed by atoms with E-state index in [9.17, 15) is 4.57 Å². The van der Waals surface area contributed by atoms with E-state index < -0.39 is 13.9 Å². The minimum Gasteiger partial charge on any atom is -0.371 e. The van der Waals surface area contributed by atoms with E-state index in [4.69, 9.17) is 35.9 Å². The van der Waals surface area contributed by atoms with Crippen molar-refractivity contribution in [1.29, 1.82) is 5.26 Å². The predicted octanol–water partition coefficient (Wildman–Crippen LogP) is 9.25. The molecule has 37 heavy (non-hydrogen) atoms. The number of ether oxygens (including phenoxy) is 1. The van der Waals surface area contributed by atoms with Crippen molar-refractivity contribution in [1.82, 2.24) is 0 Å². The molecule has 0 aromatic heterocycles. The summed E-state index contributed by atoms with van der Waals surface area (Å²) in [5.74, 6) is 0. The maximum absolute atomic E-state index is 11.1. The molecule has 6 nitrogen and oxygen atoms in total. The summed E-state index contributed by atoms with van der Waals surface area (Å²) in [6, 6.07) is 7.06. The highest BCUT2D eigenvalue weighted by Gasteiger charge is 2.19. The van der Waals surface area contributed by atoms with Gasteiger partial charge in [0.1, 0.15) is 0 Å². The number of unbranched alkanes of at least 4 members (excludes halogenated alkanes) is 16. The highest BCUT2D eigenvalue weighted by atomic mass is 35.5. The van der Waals surface area contributed by atoms with Crippen molar-refractivity contribution in [3.8, 4) is 6.07 Å². The molecule has 1 rings (SSSR count). The lowest BCUT2D eigenvalue weighted by molar-refractivity contribution is -0.00375. The molecule has 0 unspecified atom stereocenters. The van der Waals surface area contributed by atoms with Crippen LogP contribution in [-0.2, 0) is 20.4 Å². The summed E-state index contributed by atoms with van der Waals surface area (Å²) >= 11 is 6.05. The molecule has 1 aromatic carbocycles. The van der Waals surface area contributed by atoms with Crippen LogP contribution in [0.1, 0.15) is 134 Å². The second-order valence-corrected chi connectivity index (χ2v) is 11.8. The zero-order valence-corrected chi connectivity index (χ0v) is 24.5. The Morgan fingerprint density at radius 3 is 1.78 bits per heavy atom. The van der Waals surface area contributed by atoms with Gasteiger partial charge in [-0.2, -0.15) is 5.26 Å². The van der Waals surface area contributed by atoms with Crippen LogP contribution in [0, 0.1) is 11.3 Å². The van der Waals surface area contributed by atoms with Crippen molar-refractivity contribution in [2.45, 2.75) is 135 Å². The first kappa shape index (κ1) is 34.1. The topological polar surface area (TPSA) is 99.8 Å². The van der Waals surface area contributed by atoms with Crippen molar-refractivity contribution >= 4 is 19.4 Å². The Kier molecular flexibility index (Phi) is 20.2. The van der Waals surface area contributed by atoms with Crippen LogP contribution in [-0.4, -0.2) is 22.5 Å². The largest absolute Gasteiger partial charge is 0.469 e. The Hall–Kier alpha value is -0.930. The Bertz CT molecular complexity index is 795. The van der Waals surface area contributed by atoms with Crippen LogP contribution in [0.25, 0.3) is 0 Å². The number of phosphoric ester groups is 1. The van der Waals surface area contributed by atoms with E-state index in [0.29, 0.717) is 17.0 Å². The molecular formula is C29H49ClNO5P. The average molecular weight is 558 g/mol. The van der Waals surface area contributed by atoms with Crippen LogP contribution in [0.4, 0.5) is 0 Å². The van der Waals surface area contributed by atoms with Gasteiger partial charge in [0.05, 0.1) is 31.0 Å². The predicted molar refractivity (Wildman–Crippen MR) is 152 cm³/mol. The van der Waals surface area contributed by atoms with Gasteiger partial charge in [0.25, 0.3) is 0 Å². The summed E-state index contributed by atoms with van der Waals surface area (Å²) in [7, 11) is -4.56. The number of nitrogens with zero attached hydrogens (tertiary/aromatic N) is 1. The van der Waals surface area contributed by atoms with Crippen molar-refractivity contribution in [3.05, 3.63) is 34.3 Å². The first-order chi connectivity index (χ1) is 17.8. The maximum Gasteiger partial charge on any atom is 0.469 e. The van der Waals surface area contributed by atoms with Crippen LogP contribution in [0.3, 0.4) is 0 Å². The fourth-order valence-corrected chi connectivity index (χ4v) is 5.12. The zero-order valence-electron chi connectivity index (χ0n) is 22.8. The standard InChI is InChI=1S/C29H49ClNO5P/c1-2-3-4-5-6-7-8-9-10-11-12-13-14-15-16-17-18-19-29(25-36-37(32,33)34)35-24-27-20-26(23-31)21-28(30)22-27/h20-22,29H,2-19,24-25H2,1H3,(H2,32,33,34)/t29-/m1/s1. The highest BCUT2D eigenvalue weighted by molar-refractivity contribution is 7.46. The second-order valence-electron chi connectivity index (χ2n) is 10.1. The van der Waals surface area contributed by atoms with Gasteiger partial charge in [-0.3, -0.25) is 4.52 Å². The Morgan fingerprint density at radius 2 is 1.32 bits per heavy atom. The molecule has 0 saturated heterocycles. The Morgan fingerprint density at radius 1 is 0.838 bits per heavy atom. The van der Waals surface area contributed by atoms with Crippen LogP contribution >= 0.6 is 19.4 Å². The number of nitriles is 1. The van der Waals surface area contributed by atoms with E-state index in [1.807, 2.05) is 0 Å². The molecule has 212 valence electrons. The monoisotopic (exact) mass is 557 g/mol. The maximum atomic E-state index is 11.1. The molecule has 0 aliphatic rings. The van der Waals surface area contributed by atoms with E-state index in [-0.39, 0.29) is 13.2 Å². The first-order valence-electron chi connectivity index (χ1n) is 14.3. The van der Waals surface area contributed by atoms with E-state index >= 15 is 0 Å². The SMILES string of the molecule is CCCCCCCCCCCCCCCCCCC[C@H](COP(=O)(O)O)OCc1cc(Cl)cc(C#N)c1. The molecular weight excluding hydrogens is 509 g/mol. The highest BCUT2D eigenvalue weighted by Crippen LogP contribution is 2.36. The van der Waals surface area contributed by atoms with Gasteiger partial charge in [0.2, 0.25) is 0 Å². The zero-order chi connectivity index (χ0) is 27.2. The molecule has 0 heterocycles. The molecule has 8 heteroatoms. The number of hydrogen-bond acceptors (Lipinski definition) is 4. The molecule has 0 amide bonds. The van der Waals surface area contributed by atoms with E-state index in [1.165, 1.54) is 89.9 Å². The van der Waals surface area contributed by atoms with Gasteiger partial charge in [-0.1, -0.05) is 128 Å². The lowest BCUT2D eigenvalue weighted by Crippen LogP contribution is -2.19. The summed E-state index contributed by atoms with van der Waals surface area (Å²) in [6.45, 7) is 2.29. The summed E-state index contributed by atoms with van der Waals surface area (Å²) in [4.78, 5) is 18.1. The summed E-state index contributed by atoms with van der Waals surface area (Å²) < 4.78 is 21.7. The van der Waals surface area contributed by atoms with E-state index in [0.717, 1.165) is 24.8 Å². The molecule has 0 fully saturated rings. The lowest BCUT2D eigenvalue weighted by Gasteiger charge is -2.18. The van der Waals surface area contributed by atoms with Gasteiger partial charge >= 0.3 is 7.82 Å². The molecule has 0 aliphatic carbocycles. The first-order valence-corrected chi connectivity index (χ1v) is 16.3. The Balaban J connectivity index is 2.12. The third kappa shape index (κ3) is 20.7. The normalized spacial score (nSPS) is 12.5. The van der Waals surface area contributed by atoms with Crippen LogP contribution in [0.2, 0.25) is 5.02 Å². The number of phosphoric acid groups is 1. The summed E-state index contributed by atoms with van der Waals surface area (Å²) in [5.41, 5.74) is 1.19. The summed E-state index contributed by atoms with van der Waals surface area (Å²) in [5, 5.41) is 9.55. The minimum atomic E-state index is -4.56. The van der Waals surface area contributed by atoms with Gasteiger partial charge in [-0.05, 0) is 30.2 Å². The third-order valence-electron chi connectivity index (χ3n) is 6.63. The number of hydrogen-bond donors (Lipinski definition) is 2. The van der Waals surface area contributed by atoms with Crippen LogP contribution < -0.4 is 0 Å². The molecule has 0 saturated carbocycles. The average Bonchev–Trinajstić information content (AvgIpc) is 2.86. The molecule has 0 spiro atoms. The van der Waals surface area contributed by atoms with Crippen molar-refractivity contribution in [2.24, 2.45) is 0 Å². The smallest absolute Gasteiger partial charge is 0.371 e. The summed E-state index contributed by atoms with van der Waals surface area (Å²) in [6.07, 6.45) is 22.4. The van der Waals surface area contributed by atoms with Gasteiger partial charge in [0, 0.05) is 5.02 Å². The fourth-order valence-electron chi connectivity index (χ4n) is 4.50. The Labute approximate surface area is 230 Å². The lowest BCUT2D eigenvalue weighted by atomic mass is 10.0. The van der Waals surface area contributed by atoms with E-state index in [2.05, 4.69) is 13.0 Å². The van der Waals surface area contributed by atoms with Crippen molar-refractivity contribution < 1.29 is 23.6 Å². The van der Waals surface area contributed by atoms with Gasteiger partial charge in [-0.25, -0.2) is 4.57 Å². The molecule has 0 aliphatic heterocycles. The third-order valence-corrected chi connectivity index (χ3v) is 7.33. The minimum absolute atomic E-state index is 0.172. The molecule has 2 N–H and O–H groups in total. The van der Waals surface area contributed by atoms with Crippen molar-refractivity contribution in [3.63, 3.8) is 0 Å². The van der Waals surface area contributed by atoms with Crippen LogP contribution in [0.15, 0.2) is 18.2 Å². The molecule has 0 radical (unpaired) electrons. The van der Waals surface area contributed by atoms with Gasteiger partial charge < -0.3 is 14.5 Å². The van der Waals surface area contributed by atoms with Crippen molar-refractivity contribution in [2.75, 3.05) is 6.61 Å². The van der Waals surface area contributed by atoms with E-state index in [1.54, 1.807) is 18.2 Å².